The molecule has 7 rings (SSSR count). The van der Waals surface area contributed by atoms with Gasteiger partial charge in [0.2, 0.25) is 0 Å². The summed E-state index contributed by atoms with van der Waals surface area (Å²) in [6.45, 7) is 0.949. The maximum absolute atomic E-state index is 14.4. The fourth-order valence-electron chi connectivity index (χ4n) is 7.52. The lowest BCUT2D eigenvalue weighted by atomic mass is 9.94. The Labute approximate surface area is 337 Å². The largest absolute Gasteiger partial charge is 0.416 e. The molecule has 0 aliphatic carbocycles. The quantitative estimate of drug-likeness (QED) is 0.0699. The van der Waals surface area contributed by atoms with E-state index in [1.807, 2.05) is 30.3 Å². The molecule has 0 saturated heterocycles. The SMILES string of the molecule is Cc1cc2c(cc1C(F)(F)F)N(CCOCc1ccccc1)CCC[C@@H]2N(Cc1cc(C(F)(F)F)cc(C(F)(F)F)c1)c1nnn(CCN2C(=O)c3ccccc3C2=O)n1. The van der Waals surface area contributed by atoms with Crippen molar-refractivity contribution in [2.24, 2.45) is 0 Å². The van der Waals surface area contributed by atoms with Crippen LogP contribution in [-0.2, 0) is 43.0 Å². The van der Waals surface area contributed by atoms with Crippen LogP contribution in [0.5, 0.6) is 0 Å². The summed E-state index contributed by atoms with van der Waals surface area (Å²) >= 11 is 0. The van der Waals surface area contributed by atoms with Crippen LogP contribution in [0.2, 0.25) is 0 Å². The first-order valence-corrected chi connectivity index (χ1v) is 18.7. The van der Waals surface area contributed by atoms with Crippen LogP contribution >= 0.6 is 0 Å². The molecule has 0 fully saturated rings. The average molecular weight is 846 g/mol. The number of ether oxygens (including phenoxy) is 1. The predicted molar refractivity (Wildman–Crippen MR) is 199 cm³/mol. The zero-order valence-electron chi connectivity index (χ0n) is 31.8. The van der Waals surface area contributed by atoms with E-state index in [4.69, 9.17) is 4.74 Å². The van der Waals surface area contributed by atoms with Crippen molar-refractivity contribution in [2.75, 3.05) is 36.0 Å². The maximum atomic E-state index is 14.4. The molecular formula is C41H36F9N7O3. The molecular weight excluding hydrogens is 809 g/mol. The fourth-order valence-corrected chi connectivity index (χ4v) is 7.52. The summed E-state index contributed by atoms with van der Waals surface area (Å²) in [6.07, 6.45) is -14.6. The number of alkyl halides is 9. The van der Waals surface area contributed by atoms with Crippen molar-refractivity contribution in [3.8, 4) is 0 Å². The summed E-state index contributed by atoms with van der Waals surface area (Å²) in [5, 5.41) is 12.5. The number of hydrogen-bond donors (Lipinski definition) is 0. The van der Waals surface area contributed by atoms with Gasteiger partial charge in [0.15, 0.2) is 0 Å². The first-order valence-electron chi connectivity index (χ1n) is 18.7. The molecule has 3 heterocycles. The van der Waals surface area contributed by atoms with Gasteiger partial charge >= 0.3 is 18.5 Å². The Morgan fingerprint density at radius 2 is 1.38 bits per heavy atom. The highest BCUT2D eigenvalue weighted by molar-refractivity contribution is 6.21. The average Bonchev–Trinajstić information content (AvgIpc) is 3.70. The number of halogens is 9. The molecule has 1 atom stereocenters. The molecule has 0 N–H and O–H groups in total. The van der Waals surface area contributed by atoms with Gasteiger partial charge in [0.05, 0.1) is 60.2 Å². The Hall–Kier alpha value is -5.98. The van der Waals surface area contributed by atoms with Crippen LogP contribution in [0.1, 0.15) is 78.5 Å². The number of fused-ring (bicyclic) bond motifs is 2. The summed E-state index contributed by atoms with van der Waals surface area (Å²) in [5.74, 6) is -1.38. The monoisotopic (exact) mass is 845 g/mol. The summed E-state index contributed by atoms with van der Waals surface area (Å²) in [6, 6.07) is 17.9. The third-order valence-corrected chi connectivity index (χ3v) is 10.4. The molecule has 10 nitrogen and oxygen atoms in total. The standard InChI is InChI=1S/C41H36F9N7O3/c1-25-18-32-34(12-7-13-54(35(32)22-33(25)41(48,49)50)16-17-60-24-26-8-3-2-4-9-26)56(23-27-19-28(39(42,43)44)21-29(20-27)40(45,46)47)38-51-53-57(52-38)15-14-55-36(58)30-10-5-6-11-31(30)37(55)59/h2-6,8-11,18-22,34H,7,12-17,23-24H2,1H3/t34-/m0/s1. The molecule has 0 unspecified atom stereocenters. The first kappa shape index (κ1) is 42.2. The minimum Gasteiger partial charge on any atom is -0.375 e. The number of aryl methyl sites for hydroxylation is 1. The van der Waals surface area contributed by atoms with E-state index in [9.17, 15) is 49.1 Å². The Balaban J connectivity index is 1.26. The molecule has 0 radical (unpaired) electrons. The molecule has 0 saturated carbocycles. The first-order chi connectivity index (χ1) is 28.4. The summed E-state index contributed by atoms with van der Waals surface area (Å²) in [7, 11) is 0. The lowest BCUT2D eigenvalue weighted by Gasteiger charge is -2.33. The summed E-state index contributed by atoms with van der Waals surface area (Å²) < 4.78 is 133. The molecule has 4 aromatic carbocycles. The number of rotatable bonds is 12. The molecule has 5 aromatic rings. The van der Waals surface area contributed by atoms with Gasteiger partial charge in [0.25, 0.3) is 17.8 Å². The van der Waals surface area contributed by atoms with E-state index in [1.54, 1.807) is 17.0 Å². The van der Waals surface area contributed by atoms with E-state index in [1.165, 1.54) is 30.0 Å². The van der Waals surface area contributed by atoms with Crippen molar-refractivity contribution in [1.29, 1.82) is 0 Å². The number of nitrogens with zero attached hydrogens (tertiary/aromatic N) is 7. The minimum absolute atomic E-state index is 0.00229. The second-order valence-electron chi connectivity index (χ2n) is 14.4. The molecule has 19 heteroatoms. The number of anilines is 2. The molecule has 2 amide bonds. The maximum Gasteiger partial charge on any atom is 0.416 e. The van der Waals surface area contributed by atoms with Gasteiger partial charge in [0, 0.05) is 25.3 Å². The van der Waals surface area contributed by atoms with E-state index < -0.39 is 65.2 Å². The van der Waals surface area contributed by atoms with Crippen LogP contribution in [0, 0.1) is 6.92 Å². The van der Waals surface area contributed by atoms with Crippen molar-refractivity contribution in [2.45, 2.75) is 64.0 Å². The van der Waals surface area contributed by atoms with Crippen LogP contribution in [0.15, 0.2) is 84.9 Å². The Bertz CT molecular complexity index is 2300. The van der Waals surface area contributed by atoms with E-state index in [2.05, 4.69) is 15.4 Å². The van der Waals surface area contributed by atoms with Gasteiger partial charge in [-0.05, 0) is 83.6 Å². The van der Waals surface area contributed by atoms with E-state index in [-0.39, 0.29) is 80.2 Å². The van der Waals surface area contributed by atoms with Crippen LogP contribution in [0.4, 0.5) is 51.1 Å². The second-order valence-corrected chi connectivity index (χ2v) is 14.4. The number of amides is 2. The molecule has 60 heavy (non-hydrogen) atoms. The molecule has 2 aliphatic heterocycles. The molecule has 0 bridgehead atoms. The number of carbonyl (C=O) groups is 2. The molecule has 1 aromatic heterocycles. The Morgan fingerprint density at radius 1 is 0.750 bits per heavy atom. The van der Waals surface area contributed by atoms with Gasteiger partial charge in [-0.3, -0.25) is 14.5 Å². The number of hydrogen-bond acceptors (Lipinski definition) is 8. The van der Waals surface area contributed by atoms with Gasteiger partial charge in [-0.1, -0.05) is 53.6 Å². The van der Waals surface area contributed by atoms with Crippen LogP contribution in [0.25, 0.3) is 0 Å². The fraction of sp³-hybridized carbons (Fsp3) is 0.341. The zero-order chi connectivity index (χ0) is 43.0. The normalized spacial score (nSPS) is 15.9. The number of benzene rings is 4. The summed E-state index contributed by atoms with van der Waals surface area (Å²) in [5.41, 5.74) is -2.91. The van der Waals surface area contributed by atoms with E-state index >= 15 is 0 Å². The highest BCUT2D eigenvalue weighted by Crippen LogP contribution is 2.44. The topological polar surface area (TPSA) is 96.7 Å². The zero-order valence-corrected chi connectivity index (χ0v) is 31.8. The van der Waals surface area contributed by atoms with Crippen LogP contribution < -0.4 is 9.80 Å². The smallest absolute Gasteiger partial charge is 0.375 e. The number of imide groups is 1. The van der Waals surface area contributed by atoms with Crippen molar-refractivity contribution in [3.05, 3.63) is 135 Å². The van der Waals surface area contributed by atoms with E-state index in [0.717, 1.165) is 21.3 Å². The Kier molecular flexibility index (Phi) is 11.6. The second kappa shape index (κ2) is 16.6. The Morgan fingerprint density at radius 3 is 2.00 bits per heavy atom. The van der Waals surface area contributed by atoms with Crippen molar-refractivity contribution in [1.82, 2.24) is 25.1 Å². The number of tetrazole rings is 1. The van der Waals surface area contributed by atoms with Crippen molar-refractivity contribution >= 4 is 23.5 Å². The lowest BCUT2D eigenvalue weighted by Crippen LogP contribution is -2.33. The molecule has 2 aliphatic rings. The molecule has 0 spiro atoms. The highest BCUT2D eigenvalue weighted by Gasteiger charge is 2.40. The van der Waals surface area contributed by atoms with Crippen molar-refractivity contribution < 1.29 is 53.8 Å². The lowest BCUT2D eigenvalue weighted by molar-refractivity contribution is -0.143. The summed E-state index contributed by atoms with van der Waals surface area (Å²) in [4.78, 5) is 31.0. The minimum atomic E-state index is -5.16. The van der Waals surface area contributed by atoms with E-state index in [0.29, 0.717) is 24.1 Å². The van der Waals surface area contributed by atoms with Crippen LogP contribution in [0.3, 0.4) is 0 Å². The van der Waals surface area contributed by atoms with Crippen LogP contribution in [-0.4, -0.2) is 63.2 Å². The number of aromatic nitrogens is 4. The van der Waals surface area contributed by atoms with Crippen molar-refractivity contribution in [3.63, 3.8) is 0 Å². The third-order valence-electron chi connectivity index (χ3n) is 10.4. The van der Waals surface area contributed by atoms with Gasteiger partial charge in [-0.2, -0.15) is 44.3 Å². The van der Waals surface area contributed by atoms with Gasteiger partial charge in [-0.15, -0.1) is 5.10 Å². The van der Waals surface area contributed by atoms with Gasteiger partial charge in [-0.25, -0.2) is 0 Å². The highest BCUT2D eigenvalue weighted by atomic mass is 19.4. The third kappa shape index (κ3) is 9.09. The van der Waals surface area contributed by atoms with Gasteiger partial charge < -0.3 is 14.5 Å². The predicted octanol–water partition coefficient (Wildman–Crippen LogP) is 8.90. The molecule has 316 valence electrons. The van der Waals surface area contributed by atoms with Gasteiger partial charge in [0.1, 0.15) is 0 Å². The number of carbonyl (C=O) groups excluding carboxylic acids is 2.